The lowest BCUT2D eigenvalue weighted by Crippen LogP contribution is -2.10. The van der Waals surface area contributed by atoms with E-state index in [4.69, 9.17) is 9.52 Å². The molecule has 1 N–H and O–H groups in total. The Kier molecular flexibility index (Phi) is 3.84. The highest BCUT2D eigenvalue weighted by Gasteiger charge is 2.17. The summed E-state index contributed by atoms with van der Waals surface area (Å²) in [6, 6.07) is 6.04. The first-order chi connectivity index (χ1) is 9.25. The second kappa shape index (κ2) is 5.27. The molecular weight excluding hydrogens is 254 g/mol. The Balaban J connectivity index is 2.23. The van der Waals surface area contributed by atoms with Gasteiger partial charge in [-0.15, -0.1) is 0 Å². The van der Waals surface area contributed by atoms with Crippen LogP contribution in [0.4, 0.5) is 0 Å². The van der Waals surface area contributed by atoms with E-state index in [1.807, 2.05) is 19.1 Å². The summed E-state index contributed by atoms with van der Waals surface area (Å²) in [5.41, 5.74) is 2.89. The van der Waals surface area contributed by atoms with Crippen LogP contribution in [0.3, 0.4) is 0 Å². The smallest absolute Gasteiger partial charge is 0.303 e. The van der Waals surface area contributed by atoms with Gasteiger partial charge in [0.2, 0.25) is 0 Å². The molecule has 0 radical (unpaired) electrons. The molecule has 0 fully saturated rings. The summed E-state index contributed by atoms with van der Waals surface area (Å²) in [5.74, 6) is -0.161. The van der Waals surface area contributed by atoms with Gasteiger partial charge >= 0.3 is 5.97 Å². The first-order valence-corrected chi connectivity index (χ1v) is 6.87. The van der Waals surface area contributed by atoms with Crippen molar-refractivity contribution in [1.82, 2.24) is 4.98 Å². The van der Waals surface area contributed by atoms with E-state index in [1.165, 1.54) is 5.56 Å². The van der Waals surface area contributed by atoms with Gasteiger partial charge in [0, 0.05) is 12.8 Å². The van der Waals surface area contributed by atoms with E-state index in [9.17, 15) is 4.79 Å². The number of carboxylic acid groups (broad SMARTS) is 1. The van der Waals surface area contributed by atoms with Crippen molar-refractivity contribution in [2.24, 2.45) is 5.92 Å². The Morgan fingerprint density at radius 3 is 2.70 bits per heavy atom. The molecule has 1 atom stereocenters. The number of fused-ring (bicyclic) bond motifs is 1. The van der Waals surface area contributed by atoms with Crippen LogP contribution in [-0.2, 0) is 16.6 Å². The van der Waals surface area contributed by atoms with E-state index < -0.39 is 5.97 Å². The largest absolute Gasteiger partial charge is 0.481 e. The third-order valence-electron chi connectivity index (χ3n) is 3.34. The van der Waals surface area contributed by atoms with Crippen LogP contribution in [0.1, 0.15) is 45.6 Å². The molecule has 0 bridgehead atoms. The first kappa shape index (κ1) is 14.6. The number of rotatable bonds is 4. The van der Waals surface area contributed by atoms with Crippen molar-refractivity contribution in [3.05, 3.63) is 29.7 Å². The molecule has 0 saturated heterocycles. The molecule has 0 spiro atoms. The van der Waals surface area contributed by atoms with Crippen molar-refractivity contribution in [3.8, 4) is 0 Å². The lowest BCUT2D eigenvalue weighted by Gasteiger charge is -2.18. The topological polar surface area (TPSA) is 63.3 Å². The molecule has 4 nitrogen and oxygen atoms in total. The maximum absolute atomic E-state index is 10.7. The Morgan fingerprint density at radius 1 is 1.40 bits per heavy atom. The average molecular weight is 275 g/mol. The lowest BCUT2D eigenvalue weighted by atomic mass is 9.87. The summed E-state index contributed by atoms with van der Waals surface area (Å²) in [7, 11) is 0. The van der Waals surface area contributed by atoms with Gasteiger partial charge in [-0.05, 0) is 29.0 Å². The van der Waals surface area contributed by atoms with E-state index in [0.717, 1.165) is 11.1 Å². The minimum atomic E-state index is -0.788. The van der Waals surface area contributed by atoms with Gasteiger partial charge in [-0.2, -0.15) is 0 Å². The Labute approximate surface area is 118 Å². The number of nitrogens with zero attached hydrogens (tertiary/aromatic N) is 1. The Morgan fingerprint density at radius 2 is 2.10 bits per heavy atom. The fourth-order valence-electron chi connectivity index (χ4n) is 2.20. The summed E-state index contributed by atoms with van der Waals surface area (Å²) in [6.07, 6.45) is 0.678. The molecular formula is C16H21NO3. The zero-order chi connectivity index (χ0) is 14.9. The summed E-state index contributed by atoms with van der Waals surface area (Å²) in [5, 5.41) is 8.78. The quantitative estimate of drug-likeness (QED) is 0.922. The summed E-state index contributed by atoms with van der Waals surface area (Å²) < 4.78 is 5.68. The molecule has 0 aliphatic rings. The van der Waals surface area contributed by atoms with Crippen LogP contribution in [-0.4, -0.2) is 16.1 Å². The van der Waals surface area contributed by atoms with E-state index in [0.29, 0.717) is 12.3 Å². The molecule has 4 heteroatoms. The fourth-order valence-corrected chi connectivity index (χ4v) is 2.20. The van der Waals surface area contributed by atoms with Gasteiger partial charge in [-0.1, -0.05) is 33.8 Å². The number of oxazole rings is 1. The second-order valence-electron chi connectivity index (χ2n) is 6.45. The predicted molar refractivity (Wildman–Crippen MR) is 77.8 cm³/mol. The van der Waals surface area contributed by atoms with Crippen molar-refractivity contribution in [3.63, 3.8) is 0 Å². The highest BCUT2D eigenvalue weighted by Crippen LogP contribution is 2.27. The van der Waals surface area contributed by atoms with Crippen molar-refractivity contribution in [2.45, 2.75) is 46.0 Å². The second-order valence-corrected chi connectivity index (χ2v) is 6.45. The minimum absolute atomic E-state index is 0.0163. The fraction of sp³-hybridized carbons (Fsp3) is 0.500. The zero-order valence-corrected chi connectivity index (χ0v) is 12.4. The highest BCUT2D eigenvalue weighted by molar-refractivity contribution is 5.73. The molecule has 1 unspecified atom stereocenters. The molecule has 0 aliphatic heterocycles. The van der Waals surface area contributed by atoms with Gasteiger partial charge in [0.15, 0.2) is 11.5 Å². The van der Waals surface area contributed by atoms with Crippen LogP contribution >= 0.6 is 0 Å². The minimum Gasteiger partial charge on any atom is -0.481 e. The van der Waals surface area contributed by atoms with Gasteiger partial charge in [-0.25, -0.2) is 4.98 Å². The zero-order valence-electron chi connectivity index (χ0n) is 12.4. The first-order valence-electron chi connectivity index (χ1n) is 6.87. The number of hydrogen-bond acceptors (Lipinski definition) is 3. The summed E-state index contributed by atoms with van der Waals surface area (Å²) in [6.45, 7) is 8.36. The van der Waals surface area contributed by atoms with Gasteiger partial charge in [0.05, 0.1) is 0 Å². The van der Waals surface area contributed by atoms with Gasteiger partial charge in [0.25, 0.3) is 0 Å². The van der Waals surface area contributed by atoms with Gasteiger partial charge in [-0.3, -0.25) is 4.79 Å². The Bertz CT molecular complexity index is 622. The standard InChI is InChI=1S/C16H21NO3/c1-10(8-15(18)19)7-14-17-12-9-11(16(2,3)4)5-6-13(12)20-14/h5-6,9-10H,7-8H2,1-4H3,(H,18,19). The number of benzene rings is 1. The van der Waals surface area contributed by atoms with Crippen LogP contribution in [0.5, 0.6) is 0 Å². The third kappa shape index (κ3) is 3.38. The van der Waals surface area contributed by atoms with Gasteiger partial charge < -0.3 is 9.52 Å². The van der Waals surface area contributed by atoms with Crippen LogP contribution in [0.15, 0.2) is 22.6 Å². The number of aromatic nitrogens is 1. The van der Waals surface area contributed by atoms with Gasteiger partial charge in [0.1, 0.15) is 5.52 Å². The molecule has 2 rings (SSSR count). The molecule has 1 aromatic heterocycles. The summed E-state index contributed by atoms with van der Waals surface area (Å²) in [4.78, 5) is 15.2. The maximum Gasteiger partial charge on any atom is 0.303 e. The lowest BCUT2D eigenvalue weighted by molar-refractivity contribution is -0.137. The third-order valence-corrected chi connectivity index (χ3v) is 3.34. The monoisotopic (exact) mass is 275 g/mol. The van der Waals surface area contributed by atoms with Crippen LogP contribution < -0.4 is 0 Å². The van der Waals surface area contributed by atoms with Crippen molar-refractivity contribution in [1.29, 1.82) is 0 Å². The van der Waals surface area contributed by atoms with Crippen molar-refractivity contribution < 1.29 is 14.3 Å². The van der Waals surface area contributed by atoms with Crippen LogP contribution in [0.25, 0.3) is 11.1 Å². The molecule has 0 saturated carbocycles. The number of carboxylic acids is 1. The highest BCUT2D eigenvalue weighted by atomic mass is 16.4. The molecule has 0 aliphatic carbocycles. The molecule has 108 valence electrons. The van der Waals surface area contributed by atoms with Crippen LogP contribution in [0, 0.1) is 5.92 Å². The maximum atomic E-state index is 10.7. The van der Waals surface area contributed by atoms with E-state index in [-0.39, 0.29) is 17.8 Å². The molecule has 2 aromatic rings. The molecule has 1 aromatic carbocycles. The normalized spacial score (nSPS) is 13.6. The number of hydrogen-bond donors (Lipinski definition) is 1. The molecule has 20 heavy (non-hydrogen) atoms. The number of aliphatic carboxylic acids is 1. The van der Waals surface area contributed by atoms with Crippen molar-refractivity contribution in [2.75, 3.05) is 0 Å². The van der Waals surface area contributed by atoms with E-state index in [2.05, 4.69) is 31.8 Å². The number of carbonyl (C=O) groups is 1. The Hall–Kier alpha value is -1.84. The van der Waals surface area contributed by atoms with Crippen molar-refractivity contribution >= 4 is 17.1 Å². The average Bonchev–Trinajstić information content (AvgIpc) is 2.66. The SMILES string of the molecule is CC(CC(=O)O)Cc1nc2cc(C(C)(C)C)ccc2o1. The predicted octanol–water partition coefficient (Wildman–Crippen LogP) is 3.78. The summed E-state index contributed by atoms with van der Waals surface area (Å²) >= 11 is 0. The molecule has 1 heterocycles. The van der Waals surface area contributed by atoms with Crippen LogP contribution in [0.2, 0.25) is 0 Å². The van der Waals surface area contributed by atoms with E-state index in [1.54, 1.807) is 0 Å². The van der Waals surface area contributed by atoms with E-state index >= 15 is 0 Å². The molecule has 0 amide bonds.